The molecular weight excluding hydrogens is 89.5 g/mol. The van der Waals surface area contributed by atoms with Crippen LogP contribution in [0.1, 0.15) is 0 Å². The molecule has 0 spiro atoms. The van der Waals surface area contributed by atoms with Gasteiger partial charge in [-0.1, -0.05) is 0 Å². The van der Waals surface area contributed by atoms with Gasteiger partial charge in [0.05, 0.1) is 6.67 Å². The van der Waals surface area contributed by atoms with Crippen molar-refractivity contribution in [3.8, 4) is 0 Å². The summed E-state index contributed by atoms with van der Waals surface area (Å²) in [5.74, 6) is 4.65. The summed E-state index contributed by atoms with van der Waals surface area (Å²) in [5, 5.41) is 0. The molecule has 0 saturated carbocycles. The van der Waals surface area contributed by atoms with Crippen molar-refractivity contribution in [1.82, 2.24) is 5.43 Å². The van der Waals surface area contributed by atoms with Crippen molar-refractivity contribution in [1.29, 1.82) is 0 Å². The minimum atomic E-state index is 0. The van der Waals surface area contributed by atoms with Crippen LogP contribution < -0.4 is 17.0 Å². The maximum atomic E-state index is 4.79. The van der Waals surface area contributed by atoms with Crippen LogP contribution in [-0.4, -0.2) is 6.67 Å². The van der Waals surface area contributed by atoms with Gasteiger partial charge in [0, 0.05) is 0 Å². The lowest BCUT2D eigenvalue weighted by atomic mass is 11.2. The Hall–Kier alpha value is 0.170. The first-order chi connectivity index (χ1) is 1.91. The van der Waals surface area contributed by atoms with Gasteiger partial charge in [-0.3, -0.25) is 5.84 Å². The summed E-state index contributed by atoms with van der Waals surface area (Å²) >= 11 is 0. The number of hydrazine groups is 1. The average Bonchev–Trinajstić information content (AvgIpc) is 1.37. The molecule has 0 aromatic heterocycles. The molecule has 34 valence electrons. The van der Waals surface area contributed by atoms with Gasteiger partial charge in [0.15, 0.2) is 0 Å². The van der Waals surface area contributed by atoms with E-state index in [1.807, 2.05) is 0 Å². The van der Waals surface area contributed by atoms with Gasteiger partial charge >= 0.3 is 0 Å². The number of hydrogen-bond acceptors (Lipinski definition) is 3. The molecule has 0 amide bonds. The van der Waals surface area contributed by atoms with Crippen molar-refractivity contribution in [2.24, 2.45) is 11.6 Å². The van der Waals surface area contributed by atoms with Crippen LogP contribution in [0, 0.1) is 0 Å². The maximum Gasteiger partial charge on any atom is 0.0562 e. The van der Waals surface area contributed by atoms with Crippen LogP contribution in [0.15, 0.2) is 0 Å². The van der Waals surface area contributed by atoms with Crippen molar-refractivity contribution in [3.05, 3.63) is 0 Å². The molecule has 0 aliphatic carbocycles. The van der Waals surface area contributed by atoms with Gasteiger partial charge in [0.25, 0.3) is 0 Å². The van der Waals surface area contributed by atoms with Gasteiger partial charge < -0.3 is 5.73 Å². The molecule has 0 aromatic carbocycles. The van der Waals surface area contributed by atoms with E-state index in [1.54, 1.807) is 0 Å². The fourth-order valence-corrected chi connectivity index (χ4v) is 0. The number of nitrogens with two attached hydrogens (primary N) is 2. The molecule has 0 unspecified atom stereocenters. The van der Waals surface area contributed by atoms with Crippen LogP contribution in [0.3, 0.4) is 0 Å². The van der Waals surface area contributed by atoms with E-state index in [0.717, 1.165) is 0 Å². The maximum absolute atomic E-state index is 4.79. The molecule has 0 aliphatic rings. The Kier molecular flexibility index (Phi) is 15.9. The number of rotatable bonds is 1. The second-order valence-electron chi connectivity index (χ2n) is 0.408. The molecule has 5 heavy (non-hydrogen) atoms. The molecule has 0 aromatic rings. The third-order valence-electron chi connectivity index (χ3n) is 0.118. The topological polar surface area (TPSA) is 64.1 Å². The van der Waals surface area contributed by atoms with Gasteiger partial charge in [-0.2, -0.15) is 0 Å². The Labute approximate surface area is 37.1 Å². The standard InChI is InChI=1S/CH7N3.ClH/c2-1-4-3;/h4H,1-3H2;1H. The predicted octanol–water partition coefficient (Wildman–Crippen LogP) is -1.21. The molecule has 0 fully saturated rings. The summed E-state index contributed by atoms with van der Waals surface area (Å²) in [6.45, 7) is 0.347. The first-order valence-corrected chi connectivity index (χ1v) is 1.05. The highest BCUT2D eigenvalue weighted by Crippen LogP contribution is 1.06. The minimum Gasteiger partial charge on any atom is -0.317 e. The highest BCUT2D eigenvalue weighted by Gasteiger charge is 1.48. The number of nitrogens with one attached hydrogen (secondary N) is 1. The van der Waals surface area contributed by atoms with Crippen LogP contribution >= 0.6 is 12.4 Å². The quantitative estimate of drug-likeness (QED) is 0.219. The summed E-state index contributed by atoms with van der Waals surface area (Å²) < 4.78 is 0. The van der Waals surface area contributed by atoms with E-state index < -0.39 is 0 Å². The highest BCUT2D eigenvalue weighted by molar-refractivity contribution is 5.85. The normalized spacial score (nSPS) is 6.00. The summed E-state index contributed by atoms with van der Waals surface area (Å²) in [7, 11) is 0. The molecule has 0 heterocycles. The van der Waals surface area contributed by atoms with E-state index >= 15 is 0 Å². The zero-order chi connectivity index (χ0) is 3.41. The van der Waals surface area contributed by atoms with E-state index in [9.17, 15) is 0 Å². The van der Waals surface area contributed by atoms with Crippen LogP contribution in [0.4, 0.5) is 0 Å². The third kappa shape index (κ3) is 14.3. The van der Waals surface area contributed by atoms with E-state index in [1.165, 1.54) is 0 Å². The van der Waals surface area contributed by atoms with Gasteiger partial charge in [0.2, 0.25) is 0 Å². The van der Waals surface area contributed by atoms with Gasteiger partial charge in [0.1, 0.15) is 0 Å². The Balaban J connectivity index is 0. The SMILES string of the molecule is Cl.NCNN. The molecule has 3 nitrogen and oxygen atoms in total. The summed E-state index contributed by atoms with van der Waals surface area (Å²) in [6.07, 6.45) is 0. The van der Waals surface area contributed by atoms with Gasteiger partial charge in [-0.15, -0.1) is 12.4 Å². The van der Waals surface area contributed by atoms with Crippen molar-refractivity contribution in [2.45, 2.75) is 0 Å². The van der Waals surface area contributed by atoms with Gasteiger partial charge in [-0.25, -0.2) is 5.43 Å². The summed E-state index contributed by atoms with van der Waals surface area (Å²) in [4.78, 5) is 0. The lowest BCUT2D eigenvalue weighted by molar-refractivity contribution is 0.758. The van der Waals surface area contributed by atoms with Crippen LogP contribution in [-0.2, 0) is 0 Å². The second kappa shape index (κ2) is 8.90. The second-order valence-corrected chi connectivity index (χ2v) is 0.408. The monoisotopic (exact) mass is 97.0 g/mol. The highest BCUT2D eigenvalue weighted by atomic mass is 35.5. The summed E-state index contributed by atoms with van der Waals surface area (Å²) in [6, 6.07) is 0. The smallest absolute Gasteiger partial charge is 0.0562 e. The third-order valence-corrected chi connectivity index (χ3v) is 0.118. The Bertz CT molecular complexity index is 8.85. The fourth-order valence-electron chi connectivity index (χ4n) is 0. The molecule has 0 bridgehead atoms. The van der Waals surface area contributed by atoms with Gasteiger partial charge in [-0.05, 0) is 0 Å². The number of halogens is 1. The largest absolute Gasteiger partial charge is 0.317 e. The lowest BCUT2D eigenvalue weighted by Gasteiger charge is -1.78. The Morgan fingerprint density at radius 1 is 1.60 bits per heavy atom. The molecule has 0 atom stereocenters. The zero-order valence-corrected chi connectivity index (χ0v) is 3.59. The Morgan fingerprint density at radius 2 is 1.80 bits per heavy atom. The first-order valence-electron chi connectivity index (χ1n) is 1.05. The molecule has 0 aliphatic heterocycles. The predicted molar refractivity (Wildman–Crippen MR) is 23.6 cm³/mol. The van der Waals surface area contributed by atoms with E-state index in [-0.39, 0.29) is 12.4 Å². The van der Waals surface area contributed by atoms with E-state index in [4.69, 9.17) is 5.73 Å². The fraction of sp³-hybridized carbons (Fsp3) is 1.00. The zero-order valence-electron chi connectivity index (χ0n) is 2.77. The van der Waals surface area contributed by atoms with Crippen LogP contribution in [0.25, 0.3) is 0 Å². The van der Waals surface area contributed by atoms with Crippen molar-refractivity contribution < 1.29 is 0 Å². The average molecular weight is 97.5 g/mol. The lowest BCUT2D eigenvalue weighted by Crippen LogP contribution is -2.28. The molecule has 5 N–H and O–H groups in total. The minimum absolute atomic E-state index is 0. The molecular formula is CH8ClN3. The van der Waals surface area contributed by atoms with E-state index in [2.05, 4.69) is 11.3 Å². The van der Waals surface area contributed by atoms with Crippen molar-refractivity contribution in [2.75, 3.05) is 6.67 Å². The van der Waals surface area contributed by atoms with E-state index in [0.29, 0.717) is 6.67 Å². The molecule has 0 saturated heterocycles. The molecule has 0 rings (SSSR count). The van der Waals surface area contributed by atoms with Crippen LogP contribution in [0.5, 0.6) is 0 Å². The number of hydrogen-bond donors (Lipinski definition) is 3. The van der Waals surface area contributed by atoms with Crippen LogP contribution in [0.2, 0.25) is 0 Å². The van der Waals surface area contributed by atoms with Crippen molar-refractivity contribution in [3.63, 3.8) is 0 Å². The summed E-state index contributed by atoms with van der Waals surface area (Å²) in [5.41, 5.74) is 7.00. The first kappa shape index (κ1) is 8.95. The molecule has 4 heteroatoms. The van der Waals surface area contributed by atoms with Crippen molar-refractivity contribution >= 4 is 12.4 Å². The molecule has 0 radical (unpaired) electrons. The Morgan fingerprint density at radius 3 is 1.80 bits per heavy atom.